The topological polar surface area (TPSA) is 132 Å². The van der Waals surface area contributed by atoms with Crippen molar-refractivity contribution in [3.8, 4) is 0 Å². The van der Waals surface area contributed by atoms with Gasteiger partial charge in [0.25, 0.3) is 0 Å². The van der Waals surface area contributed by atoms with Gasteiger partial charge < -0.3 is 9.84 Å². The molecule has 0 aromatic rings. The second-order valence-corrected chi connectivity index (χ2v) is 22.3. The maximum Gasteiger partial charge on any atom is 0.305 e. The third-order valence-corrected chi connectivity index (χ3v) is 16.6. The van der Waals surface area contributed by atoms with E-state index in [-0.39, 0.29) is 22.9 Å². The molecule has 0 aliphatic heterocycles. The number of unbranched alkanes of at least 4 members (excludes halogenated alkanes) is 26. The largest absolute Gasteiger partial charge is 0.481 e. The number of carbonyl (C=O) groups is 2. The number of hydrogen-bond acceptors (Lipinski definition) is 7. The Morgan fingerprint density at radius 3 is 0.932 bits per heavy atom. The second kappa shape index (κ2) is 43.5. The van der Waals surface area contributed by atoms with Crippen LogP contribution in [-0.4, -0.2) is 63.0 Å². The van der Waals surface area contributed by atoms with Gasteiger partial charge in [-0.15, -0.1) is 0 Å². The first kappa shape index (κ1) is 59.9. The second-order valence-electron chi connectivity index (χ2n) is 17.5. The Kier molecular flexibility index (Phi) is 44.2. The van der Waals surface area contributed by atoms with Gasteiger partial charge in [-0.2, -0.15) is 0 Å². The van der Waals surface area contributed by atoms with E-state index in [1.54, 1.807) is 0 Å². The summed E-state index contributed by atoms with van der Waals surface area (Å²) in [6.07, 6.45) is 39.0. The number of esters is 1. The molecule has 0 rings (SSSR count). The van der Waals surface area contributed by atoms with Crippen LogP contribution in [0.2, 0.25) is 0 Å². The van der Waals surface area contributed by atoms with Gasteiger partial charge in [-0.25, -0.2) is 16.8 Å². The Balaban J connectivity index is 0. The fourth-order valence-corrected chi connectivity index (χ4v) is 11.9. The van der Waals surface area contributed by atoms with Gasteiger partial charge in [-0.1, -0.05) is 207 Å². The number of ether oxygens (including phenoxy) is 1. The molecule has 2 unspecified atom stereocenters. The highest BCUT2D eigenvalue weighted by Gasteiger charge is 2.25. The van der Waals surface area contributed by atoms with E-state index in [0.29, 0.717) is 17.9 Å². The lowest BCUT2D eigenvalue weighted by molar-refractivity contribution is -0.141. The lowest BCUT2D eigenvalue weighted by atomic mass is 10.0. The number of carboxylic acid groups (broad SMARTS) is 1. The predicted molar refractivity (Wildman–Crippen MR) is 253 cm³/mol. The summed E-state index contributed by atoms with van der Waals surface area (Å²) in [5.74, 6) is -0.126. The van der Waals surface area contributed by atoms with Gasteiger partial charge in [0.05, 0.1) is 29.1 Å². The molecule has 0 aromatic heterocycles. The molecule has 59 heavy (non-hydrogen) atoms. The summed E-state index contributed by atoms with van der Waals surface area (Å²) in [5.41, 5.74) is 0. The van der Waals surface area contributed by atoms with E-state index in [0.717, 1.165) is 167 Å². The lowest BCUT2D eigenvalue weighted by Gasteiger charge is -2.18. The van der Waals surface area contributed by atoms with Crippen LogP contribution in [-0.2, 0) is 34.0 Å². The fraction of sp³-hybridized carbons (Fsp3) is 0.959. The standard InChI is InChI=1S/C25H50O4S.C24H48O4S/c1-4-6-8-10-13-16-20-24(30(27,28)23-19-9-7-5-2)21-17-14-11-12-15-18-22-25(26)29-3;1-3-5-7-9-10-12-15-19-23(29(27,28)22-18-8-6-4-2)20-16-13-11-14-17-21-24(25)26/h24H,4-23H2,1-3H3;23H,3-22H2,1-2H3,(H,25,26). The molecule has 2 atom stereocenters. The van der Waals surface area contributed by atoms with Crippen LogP contribution < -0.4 is 0 Å². The molecule has 0 radical (unpaired) electrons. The zero-order chi connectivity index (χ0) is 44.3. The van der Waals surface area contributed by atoms with Crippen molar-refractivity contribution < 1.29 is 36.3 Å². The summed E-state index contributed by atoms with van der Waals surface area (Å²) in [5, 5.41) is 8.38. The van der Waals surface area contributed by atoms with Crippen molar-refractivity contribution in [2.45, 2.75) is 282 Å². The van der Waals surface area contributed by atoms with Crippen LogP contribution in [0.4, 0.5) is 0 Å². The monoisotopic (exact) mass is 879 g/mol. The smallest absolute Gasteiger partial charge is 0.305 e. The van der Waals surface area contributed by atoms with Crippen molar-refractivity contribution in [2.75, 3.05) is 18.6 Å². The number of sulfone groups is 2. The first-order valence-corrected chi connectivity index (χ1v) is 28.6. The number of rotatable bonds is 44. The van der Waals surface area contributed by atoms with E-state index in [1.807, 2.05) is 0 Å². The van der Waals surface area contributed by atoms with E-state index in [1.165, 1.54) is 71.3 Å². The Labute approximate surface area is 367 Å². The van der Waals surface area contributed by atoms with Gasteiger partial charge in [-0.05, 0) is 51.4 Å². The van der Waals surface area contributed by atoms with Crippen LogP contribution in [0, 0.1) is 0 Å². The maximum absolute atomic E-state index is 12.9. The SMILES string of the molecule is CCCCCCCCC(CCCCCCCCC(=O)OC)S(=O)(=O)CCCCCC.CCCCCCCCCC(CCCCCCCC(=O)O)S(=O)(=O)CCCCCC. The summed E-state index contributed by atoms with van der Waals surface area (Å²) < 4.78 is 56.2. The van der Waals surface area contributed by atoms with Gasteiger partial charge in [0.15, 0.2) is 19.7 Å². The van der Waals surface area contributed by atoms with Crippen LogP contribution in [0.1, 0.15) is 272 Å². The molecule has 10 heteroatoms. The predicted octanol–water partition coefficient (Wildman–Crippen LogP) is 14.7. The highest BCUT2D eigenvalue weighted by atomic mass is 32.2. The van der Waals surface area contributed by atoms with Crippen LogP contribution in [0.5, 0.6) is 0 Å². The molecular formula is C49H98O8S2. The normalized spacial score (nSPS) is 12.8. The molecule has 8 nitrogen and oxygen atoms in total. The van der Waals surface area contributed by atoms with Gasteiger partial charge in [0.2, 0.25) is 0 Å². The molecule has 0 bridgehead atoms. The summed E-state index contributed by atoms with van der Waals surface area (Å²) in [4.78, 5) is 21.7. The highest BCUT2D eigenvalue weighted by molar-refractivity contribution is 7.92. The average Bonchev–Trinajstić information content (AvgIpc) is 3.20. The van der Waals surface area contributed by atoms with Crippen molar-refractivity contribution >= 4 is 31.6 Å². The lowest BCUT2D eigenvalue weighted by Crippen LogP contribution is -2.24. The van der Waals surface area contributed by atoms with Crippen LogP contribution in [0.3, 0.4) is 0 Å². The number of carboxylic acids is 1. The van der Waals surface area contributed by atoms with Crippen molar-refractivity contribution in [1.29, 1.82) is 0 Å². The molecule has 0 aromatic carbocycles. The quantitative estimate of drug-likeness (QED) is 0.0473. The van der Waals surface area contributed by atoms with Crippen molar-refractivity contribution in [1.82, 2.24) is 0 Å². The summed E-state index contributed by atoms with van der Waals surface area (Å²) in [6, 6.07) is 0. The molecule has 0 fully saturated rings. The number of methoxy groups -OCH3 is 1. The Hall–Kier alpha value is -1.16. The molecule has 0 saturated carbocycles. The van der Waals surface area contributed by atoms with Crippen molar-refractivity contribution in [2.24, 2.45) is 0 Å². The zero-order valence-electron chi connectivity index (χ0n) is 39.6. The van der Waals surface area contributed by atoms with Gasteiger partial charge in [0.1, 0.15) is 0 Å². The van der Waals surface area contributed by atoms with Crippen LogP contribution in [0.15, 0.2) is 0 Å². The molecule has 0 amide bonds. The van der Waals surface area contributed by atoms with Crippen molar-refractivity contribution in [3.05, 3.63) is 0 Å². The highest BCUT2D eigenvalue weighted by Crippen LogP contribution is 2.24. The number of aliphatic carboxylic acids is 1. The minimum absolute atomic E-state index is 0.128. The Bertz CT molecular complexity index is 1140. The van der Waals surface area contributed by atoms with Crippen LogP contribution >= 0.6 is 0 Å². The number of carbonyl (C=O) groups excluding carboxylic acids is 1. The maximum atomic E-state index is 12.9. The molecule has 0 saturated heterocycles. The summed E-state index contributed by atoms with van der Waals surface area (Å²) in [7, 11) is -4.52. The zero-order valence-corrected chi connectivity index (χ0v) is 41.2. The molecule has 0 heterocycles. The molecule has 1 N–H and O–H groups in total. The van der Waals surface area contributed by atoms with E-state index in [2.05, 4.69) is 32.4 Å². The van der Waals surface area contributed by atoms with Gasteiger partial charge in [0, 0.05) is 12.8 Å². The molecule has 0 aliphatic carbocycles. The first-order valence-electron chi connectivity index (χ1n) is 25.1. The molecule has 354 valence electrons. The van der Waals surface area contributed by atoms with Crippen LogP contribution in [0.25, 0.3) is 0 Å². The minimum atomic E-state index is -2.99. The molecule has 0 aliphatic rings. The van der Waals surface area contributed by atoms with E-state index >= 15 is 0 Å². The minimum Gasteiger partial charge on any atom is -0.481 e. The average molecular weight is 879 g/mol. The van der Waals surface area contributed by atoms with E-state index in [9.17, 15) is 26.4 Å². The first-order chi connectivity index (χ1) is 28.4. The molecule has 0 spiro atoms. The van der Waals surface area contributed by atoms with Gasteiger partial charge in [-0.3, -0.25) is 9.59 Å². The Morgan fingerprint density at radius 1 is 0.390 bits per heavy atom. The molecular weight excluding hydrogens is 781 g/mol. The third kappa shape index (κ3) is 40.7. The Morgan fingerprint density at radius 2 is 0.644 bits per heavy atom. The number of hydrogen-bond donors (Lipinski definition) is 1. The summed E-state index contributed by atoms with van der Waals surface area (Å²) >= 11 is 0. The fourth-order valence-electron chi connectivity index (χ4n) is 7.91. The summed E-state index contributed by atoms with van der Waals surface area (Å²) in [6.45, 7) is 8.75. The van der Waals surface area contributed by atoms with Crippen molar-refractivity contribution in [3.63, 3.8) is 0 Å². The van der Waals surface area contributed by atoms with E-state index < -0.39 is 25.6 Å². The van der Waals surface area contributed by atoms with E-state index in [4.69, 9.17) is 5.11 Å². The van der Waals surface area contributed by atoms with Gasteiger partial charge >= 0.3 is 11.9 Å². The third-order valence-electron chi connectivity index (χ3n) is 11.9.